The van der Waals surface area contributed by atoms with E-state index in [9.17, 15) is 4.79 Å². The van der Waals surface area contributed by atoms with Gasteiger partial charge in [-0.1, -0.05) is 0 Å². The van der Waals surface area contributed by atoms with Crippen molar-refractivity contribution in [1.82, 2.24) is 15.2 Å². The van der Waals surface area contributed by atoms with Crippen LogP contribution in [0, 0.1) is 0 Å². The van der Waals surface area contributed by atoms with Crippen LogP contribution in [0.3, 0.4) is 0 Å². The molecule has 0 unspecified atom stereocenters. The van der Waals surface area contributed by atoms with Crippen LogP contribution in [-0.2, 0) is 0 Å². The molecule has 1 heterocycles. The fraction of sp³-hybridized carbons (Fsp3) is 0.308. The molecule has 1 aliphatic carbocycles. The highest BCUT2D eigenvalue weighted by molar-refractivity contribution is 9.10. The van der Waals surface area contributed by atoms with Gasteiger partial charge in [0.2, 0.25) is 5.82 Å². The van der Waals surface area contributed by atoms with Gasteiger partial charge in [-0.05, 0) is 40.9 Å². The number of carbonyl (C=O) groups is 1. The highest BCUT2D eigenvalue weighted by atomic mass is 79.9. The summed E-state index contributed by atoms with van der Waals surface area (Å²) in [6, 6.07) is 5.32. The van der Waals surface area contributed by atoms with Gasteiger partial charge in [-0.3, -0.25) is 9.89 Å². The Kier molecular flexibility index (Phi) is 3.43. The third-order valence-electron chi connectivity index (χ3n) is 3.08. The fourth-order valence-corrected chi connectivity index (χ4v) is 2.25. The Labute approximate surface area is 124 Å². The summed E-state index contributed by atoms with van der Waals surface area (Å²) in [5.41, 5.74) is 0.632. The molecule has 7 heteroatoms. The van der Waals surface area contributed by atoms with Crippen LogP contribution in [0.2, 0.25) is 0 Å². The predicted molar refractivity (Wildman–Crippen MR) is 77.0 cm³/mol. The standard InChI is InChI=1S/C13H13BrN4O2/c1-20-10-6-8(4-5-9(10)14)15-13(19)12-16-11(17-18-12)7-2-3-7/h4-7H,2-3H2,1H3,(H,15,19)(H,16,17,18). The Hall–Kier alpha value is -1.89. The van der Waals surface area contributed by atoms with E-state index in [0.717, 1.165) is 23.1 Å². The van der Waals surface area contributed by atoms with E-state index in [1.165, 1.54) is 0 Å². The summed E-state index contributed by atoms with van der Waals surface area (Å²) >= 11 is 3.36. The molecule has 1 aromatic carbocycles. The van der Waals surface area contributed by atoms with Crippen molar-refractivity contribution in [3.05, 3.63) is 34.3 Å². The Morgan fingerprint density at radius 2 is 2.30 bits per heavy atom. The molecular formula is C13H13BrN4O2. The summed E-state index contributed by atoms with van der Waals surface area (Å²) in [4.78, 5) is 16.3. The van der Waals surface area contributed by atoms with Crippen molar-refractivity contribution < 1.29 is 9.53 Å². The number of halogens is 1. The van der Waals surface area contributed by atoms with Crippen LogP contribution in [-0.4, -0.2) is 28.2 Å². The summed E-state index contributed by atoms with van der Waals surface area (Å²) in [6.07, 6.45) is 2.22. The summed E-state index contributed by atoms with van der Waals surface area (Å²) in [5.74, 6) is 1.71. The number of H-pyrrole nitrogens is 1. The minimum absolute atomic E-state index is 0.161. The highest BCUT2D eigenvalue weighted by Crippen LogP contribution is 2.37. The molecule has 0 saturated heterocycles. The number of ether oxygens (including phenoxy) is 1. The quantitative estimate of drug-likeness (QED) is 0.899. The lowest BCUT2D eigenvalue weighted by Gasteiger charge is -2.07. The molecule has 1 amide bonds. The van der Waals surface area contributed by atoms with E-state index in [0.29, 0.717) is 17.4 Å². The molecule has 0 bridgehead atoms. The van der Waals surface area contributed by atoms with Crippen LogP contribution in [0.15, 0.2) is 22.7 Å². The van der Waals surface area contributed by atoms with E-state index in [1.807, 2.05) is 6.07 Å². The van der Waals surface area contributed by atoms with Crippen LogP contribution >= 0.6 is 15.9 Å². The lowest BCUT2D eigenvalue weighted by Crippen LogP contribution is -2.13. The number of anilines is 1. The van der Waals surface area contributed by atoms with Gasteiger partial charge in [0.1, 0.15) is 11.6 Å². The van der Waals surface area contributed by atoms with Crippen molar-refractivity contribution in [3.63, 3.8) is 0 Å². The number of aromatic nitrogens is 3. The van der Waals surface area contributed by atoms with E-state index < -0.39 is 0 Å². The smallest absolute Gasteiger partial charge is 0.295 e. The Bertz CT molecular complexity index is 652. The number of carbonyl (C=O) groups excluding carboxylic acids is 1. The molecule has 1 saturated carbocycles. The Morgan fingerprint density at radius 1 is 1.50 bits per heavy atom. The van der Waals surface area contributed by atoms with Gasteiger partial charge in [-0.25, -0.2) is 4.98 Å². The first kappa shape index (κ1) is 13.1. The van der Waals surface area contributed by atoms with E-state index >= 15 is 0 Å². The Balaban J connectivity index is 1.74. The van der Waals surface area contributed by atoms with Crippen molar-refractivity contribution in [2.45, 2.75) is 18.8 Å². The molecule has 0 atom stereocenters. The van der Waals surface area contributed by atoms with Gasteiger partial charge >= 0.3 is 0 Å². The number of methoxy groups -OCH3 is 1. The van der Waals surface area contributed by atoms with Crippen molar-refractivity contribution in [1.29, 1.82) is 0 Å². The number of nitrogens with zero attached hydrogens (tertiary/aromatic N) is 2. The zero-order chi connectivity index (χ0) is 14.1. The first-order chi connectivity index (χ1) is 9.67. The molecule has 1 aromatic heterocycles. The van der Waals surface area contributed by atoms with E-state index in [-0.39, 0.29) is 11.7 Å². The van der Waals surface area contributed by atoms with Gasteiger partial charge in [-0.2, -0.15) is 0 Å². The van der Waals surface area contributed by atoms with E-state index in [1.54, 1.807) is 19.2 Å². The van der Waals surface area contributed by atoms with Crippen molar-refractivity contribution >= 4 is 27.5 Å². The minimum Gasteiger partial charge on any atom is -0.495 e. The molecule has 104 valence electrons. The lowest BCUT2D eigenvalue weighted by atomic mass is 10.3. The van der Waals surface area contributed by atoms with Gasteiger partial charge in [0.05, 0.1) is 11.6 Å². The van der Waals surface area contributed by atoms with Gasteiger partial charge in [0.25, 0.3) is 5.91 Å². The topological polar surface area (TPSA) is 79.9 Å². The molecule has 0 radical (unpaired) electrons. The second-order valence-electron chi connectivity index (χ2n) is 4.62. The average molecular weight is 337 g/mol. The maximum atomic E-state index is 12.0. The molecule has 0 spiro atoms. The summed E-state index contributed by atoms with van der Waals surface area (Å²) < 4.78 is 6.01. The van der Waals surface area contributed by atoms with Crippen LogP contribution < -0.4 is 10.1 Å². The van der Waals surface area contributed by atoms with Crippen LogP contribution in [0.25, 0.3) is 0 Å². The van der Waals surface area contributed by atoms with Crippen molar-refractivity contribution in [3.8, 4) is 5.75 Å². The van der Waals surface area contributed by atoms with Gasteiger partial charge in [0.15, 0.2) is 0 Å². The first-order valence-corrected chi connectivity index (χ1v) is 7.04. The van der Waals surface area contributed by atoms with Gasteiger partial charge in [0, 0.05) is 17.7 Å². The fourth-order valence-electron chi connectivity index (χ4n) is 1.84. The Morgan fingerprint density at radius 3 is 3.00 bits per heavy atom. The second-order valence-corrected chi connectivity index (χ2v) is 5.48. The predicted octanol–water partition coefficient (Wildman–Crippen LogP) is 2.71. The zero-order valence-electron chi connectivity index (χ0n) is 10.8. The molecular weight excluding hydrogens is 324 g/mol. The minimum atomic E-state index is -0.336. The summed E-state index contributed by atoms with van der Waals surface area (Å²) in [5, 5.41) is 9.50. The highest BCUT2D eigenvalue weighted by Gasteiger charge is 2.28. The molecule has 20 heavy (non-hydrogen) atoms. The monoisotopic (exact) mass is 336 g/mol. The van der Waals surface area contributed by atoms with Crippen LogP contribution in [0.4, 0.5) is 5.69 Å². The lowest BCUT2D eigenvalue weighted by molar-refractivity contribution is 0.101. The maximum absolute atomic E-state index is 12.0. The number of hydrogen-bond acceptors (Lipinski definition) is 4. The molecule has 1 aliphatic rings. The number of hydrogen-bond donors (Lipinski definition) is 2. The molecule has 3 rings (SSSR count). The second kappa shape index (κ2) is 5.24. The van der Waals surface area contributed by atoms with Crippen LogP contribution in [0.1, 0.15) is 35.2 Å². The molecule has 6 nitrogen and oxygen atoms in total. The summed E-state index contributed by atoms with van der Waals surface area (Å²) in [6.45, 7) is 0. The number of benzene rings is 1. The maximum Gasteiger partial charge on any atom is 0.295 e. The number of nitrogens with one attached hydrogen (secondary N) is 2. The van der Waals surface area contributed by atoms with Crippen LogP contribution in [0.5, 0.6) is 5.75 Å². The molecule has 1 fully saturated rings. The zero-order valence-corrected chi connectivity index (χ0v) is 12.4. The number of amides is 1. The summed E-state index contributed by atoms with van der Waals surface area (Å²) in [7, 11) is 1.57. The number of aromatic amines is 1. The van der Waals surface area contributed by atoms with Gasteiger partial charge < -0.3 is 10.1 Å². The van der Waals surface area contributed by atoms with Crippen molar-refractivity contribution in [2.24, 2.45) is 0 Å². The molecule has 2 N–H and O–H groups in total. The van der Waals surface area contributed by atoms with E-state index in [2.05, 4.69) is 36.4 Å². The third kappa shape index (κ3) is 2.67. The first-order valence-electron chi connectivity index (χ1n) is 6.24. The average Bonchev–Trinajstić information content (AvgIpc) is 3.18. The molecule has 2 aromatic rings. The number of rotatable bonds is 4. The van der Waals surface area contributed by atoms with Gasteiger partial charge in [-0.15, -0.1) is 5.10 Å². The third-order valence-corrected chi connectivity index (χ3v) is 3.73. The molecule has 0 aliphatic heterocycles. The van der Waals surface area contributed by atoms with E-state index in [4.69, 9.17) is 4.74 Å². The van der Waals surface area contributed by atoms with Crippen molar-refractivity contribution in [2.75, 3.05) is 12.4 Å². The SMILES string of the molecule is COc1cc(NC(=O)c2n[nH]c(C3CC3)n2)ccc1Br. The largest absolute Gasteiger partial charge is 0.495 e. The normalized spacial score (nSPS) is 14.1.